The van der Waals surface area contributed by atoms with Crippen LogP contribution < -0.4 is 20.1 Å². The number of nitro benzene ring substituents is 1. The van der Waals surface area contributed by atoms with Crippen LogP contribution in [0.3, 0.4) is 0 Å². The molecule has 3 aromatic rings. The van der Waals surface area contributed by atoms with E-state index < -0.39 is 29.3 Å². The first kappa shape index (κ1) is 28.5. The van der Waals surface area contributed by atoms with Crippen molar-refractivity contribution in [3.8, 4) is 11.5 Å². The Bertz CT molecular complexity index is 1500. The molecule has 2 N–H and O–H groups in total. The van der Waals surface area contributed by atoms with Gasteiger partial charge in [0.2, 0.25) is 5.91 Å². The quantitative estimate of drug-likeness (QED) is 0.103. The number of urea groups is 1. The van der Waals surface area contributed by atoms with E-state index in [-0.39, 0.29) is 18.0 Å². The molecule has 1 aliphatic heterocycles. The maximum atomic E-state index is 12.9. The number of rotatable bonds is 10. The van der Waals surface area contributed by atoms with Gasteiger partial charge in [-0.15, -0.1) is 0 Å². The first-order chi connectivity index (χ1) is 19.1. The number of hydrogen-bond donors (Lipinski definition) is 2. The number of imide groups is 1. The van der Waals surface area contributed by atoms with Crippen LogP contribution in [0.1, 0.15) is 23.6 Å². The van der Waals surface area contributed by atoms with E-state index in [4.69, 9.17) is 9.47 Å². The Hall–Kier alpha value is -4.46. The highest BCUT2D eigenvalue weighted by molar-refractivity contribution is 14.1. The van der Waals surface area contributed by atoms with Crippen molar-refractivity contribution in [1.82, 2.24) is 10.2 Å². The number of non-ortho nitro benzene ring substituents is 1. The van der Waals surface area contributed by atoms with Gasteiger partial charge in [-0.25, -0.2) is 9.69 Å². The van der Waals surface area contributed by atoms with Gasteiger partial charge in [0.25, 0.3) is 11.6 Å². The van der Waals surface area contributed by atoms with E-state index in [1.807, 2.05) is 19.9 Å². The largest absolute Gasteiger partial charge is 0.490 e. The molecule has 12 heteroatoms. The Kier molecular flexibility index (Phi) is 8.99. The van der Waals surface area contributed by atoms with Gasteiger partial charge in [0.15, 0.2) is 11.5 Å². The number of carbonyl (C=O) groups excluding carboxylic acids is 3. The second-order valence-electron chi connectivity index (χ2n) is 8.77. The zero-order valence-corrected chi connectivity index (χ0v) is 23.8. The Balaban J connectivity index is 1.48. The molecule has 0 unspecified atom stereocenters. The van der Waals surface area contributed by atoms with E-state index in [1.165, 1.54) is 18.2 Å². The molecule has 1 heterocycles. The number of nitrogens with one attached hydrogen (secondary N) is 2. The summed E-state index contributed by atoms with van der Waals surface area (Å²) < 4.78 is 12.4. The number of nitrogens with zero attached hydrogens (tertiary/aromatic N) is 2. The van der Waals surface area contributed by atoms with Crippen LogP contribution in [0.4, 0.5) is 16.2 Å². The first-order valence-electron chi connectivity index (χ1n) is 12.2. The number of halogens is 1. The molecule has 0 spiro atoms. The van der Waals surface area contributed by atoms with E-state index in [0.717, 1.165) is 16.0 Å². The lowest BCUT2D eigenvalue weighted by atomic mass is 10.1. The SMILES string of the molecule is CCOc1cc(/C=C2/NC(=O)N(CC(=O)Nc3cccc(C)c3)C2=O)cc(I)c1OCc1ccc([N+](=O)[O-])cc1. The maximum absolute atomic E-state index is 12.9. The third-order valence-corrected chi connectivity index (χ3v) is 6.54. The Morgan fingerprint density at radius 3 is 2.55 bits per heavy atom. The summed E-state index contributed by atoms with van der Waals surface area (Å²) in [6.07, 6.45) is 1.50. The lowest BCUT2D eigenvalue weighted by molar-refractivity contribution is -0.384. The highest BCUT2D eigenvalue weighted by atomic mass is 127. The summed E-state index contributed by atoms with van der Waals surface area (Å²) in [5.74, 6) is -0.234. The van der Waals surface area contributed by atoms with Gasteiger partial charge < -0.3 is 20.1 Å². The first-order valence-corrected chi connectivity index (χ1v) is 13.3. The highest BCUT2D eigenvalue weighted by Crippen LogP contribution is 2.36. The molecule has 0 radical (unpaired) electrons. The van der Waals surface area contributed by atoms with Crippen molar-refractivity contribution in [3.63, 3.8) is 0 Å². The Morgan fingerprint density at radius 2 is 1.88 bits per heavy atom. The summed E-state index contributed by atoms with van der Waals surface area (Å²) >= 11 is 2.08. The molecule has 3 aromatic carbocycles. The summed E-state index contributed by atoms with van der Waals surface area (Å²) in [7, 11) is 0. The minimum absolute atomic E-state index is 0.00949. The van der Waals surface area contributed by atoms with Crippen molar-refractivity contribution in [2.75, 3.05) is 18.5 Å². The predicted octanol–water partition coefficient (Wildman–Crippen LogP) is 5.02. The molecule has 0 aromatic heterocycles. The molecule has 0 bridgehead atoms. The number of carbonyl (C=O) groups is 3. The number of benzene rings is 3. The van der Waals surface area contributed by atoms with Crippen molar-refractivity contribution < 1.29 is 28.8 Å². The van der Waals surface area contributed by atoms with Crippen LogP contribution in [0.5, 0.6) is 11.5 Å². The smallest absolute Gasteiger partial charge is 0.329 e. The number of aryl methyl sites for hydroxylation is 1. The van der Waals surface area contributed by atoms with Crippen LogP contribution in [-0.2, 0) is 16.2 Å². The van der Waals surface area contributed by atoms with Crippen LogP contribution in [0.15, 0.2) is 66.4 Å². The van der Waals surface area contributed by atoms with Gasteiger partial charge in [0, 0.05) is 17.8 Å². The van der Waals surface area contributed by atoms with E-state index in [0.29, 0.717) is 32.9 Å². The van der Waals surface area contributed by atoms with Crippen molar-refractivity contribution >= 4 is 57.9 Å². The van der Waals surface area contributed by atoms with Crippen molar-refractivity contribution in [3.05, 3.63) is 96.7 Å². The van der Waals surface area contributed by atoms with E-state index in [9.17, 15) is 24.5 Å². The fourth-order valence-corrected chi connectivity index (χ4v) is 4.67. The maximum Gasteiger partial charge on any atom is 0.329 e. The standard InChI is InChI=1S/C28H25IN4O7/c1-3-39-24-14-19(12-22(29)26(24)40-16-18-7-9-21(10-8-18)33(37)38)13-23-27(35)32(28(36)31-23)15-25(34)30-20-6-4-5-17(2)11-20/h4-14H,3,15-16H2,1-2H3,(H,30,34)(H,31,36)/b23-13+. The average Bonchev–Trinajstić information content (AvgIpc) is 3.15. The molecule has 4 amide bonds. The molecular formula is C28H25IN4O7. The summed E-state index contributed by atoms with van der Waals surface area (Å²) in [4.78, 5) is 49.2. The van der Waals surface area contributed by atoms with Crippen molar-refractivity contribution in [2.24, 2.45) is 0 Å². The fraction of sp³-hybridized carbons (Fsp3) is 0.179. The summed E-state index contributed by atoms with van der Waals surface area (Å²) in [6.45, 7) is 3.78. The Labute approximate surface area is 243 Å². The van der Waals surface area contributed by atoms with Crippen LogP contribution in [0.2, 0.25) is 0 Å². The van der Waals surface area contributed by atoms with Gasteiger partial charge in [-0.1, -0.05) is 12.1 Å². The van der Waals surface area contributed by atoms with Gasteiger partial charge in [-0.3, -0.25) is 19.7 Å². The molecule has 11 nitrogen and oxygen atoms in total. The molecule has 4 rings (SSSR count). The fourth-order valence-electron chi connectivity index (χ4n) is 3.89. The lowest BCUT2D eigenvalue weighted by Gasteiger charge is -2.15. The van der Waals surface area contributed by atoms with Crippen LogP contribution in [-0.4, -0.2) is 40.8 Å². The highest BCUT2D eigenvalue weighted by Gasteiger charge is 2.35. The minimum Gasteiger partial charge on any atom is -0.490 e. The molecule has 206 valence electrons. The van der Waals surface area contributed by atoms with Gasteiger partial charge in [-0.05, 0) is 95.6 Å². The molecule has 1 aliphatic rings. The number of ether oxygens (including phenoxy) is 2. The number of hydrogen-bond acceptors (Lipinski definition) is 7. The summed E-state index contributed by atoms with van der Waals surface area (Å²) in [5.41, 5.74) is 2.85. The lowest BCUT2D eigenvalue weighted by Crippen LogP contribution is -2.38. The number of nitro groups is 1. The zero-order valence-electron chi connectivity index (χ0n) is 21.6. The molecule has 40 heavy (non-hydrogen) atoms. The normalized spacial score (nSPS) is 13.8. The summed E-state index contributed by atoms with van der Waals surface area (Å²) in [5, 5.41) is 16.1. The third kappa shape index (κ3) is 6.94. The van der Waals surface area contributed by atoms with Crippen molar-refractivity contribution in [2.45, 2.75) is 20.5 Å². The molecular weight excluding hydrogens is 631 g/mol. The monoisotopic (exact) mass is 656 g/mol. The Morgan fingerprint density at radius 1 is 1.12 bits per heavy atom. The van der Waals surface area contributed by atoms with Crippen LogP contribution in [0.25, 0.3) is 6.08 Å². The van der Waals surface area contributed by atoms with Crippen LogP contribution in [0, 0.1) is 20.6 Å². The van der Waals surface area contributed by atoms with Gasteiger partial charge in [0.1, 0.15) is 18.8 Å². The zero-order chi connectivity index (χ0) is 28.8. The number of anilines is 1. The predicted molar refractivity (Wildman–Crippen MR) is 156 cm³/mol. The van der Waals surface area contributed by atoms with Gasteiger partial charge in [-0.2, -0.15) is 0 Å². The topological polar surface area (TPSA) is 140 Å². The van der Waals surface area contributed by atoms with E-state index in [1.54, 1.807) is 42.5 Å². The minimum atomic E-state index is -0.696. The molecule has 0 saturated carbocycles. The molecule has 1 saturated heterocycles. The average molecular weight is 656 g/mol. The van der Waals surface area contributed by atoms with E-state index >= 15 is 0 Å². The molecule has 0 aliphatic carbocycles. The number of amides is 4. The summed E-state index contributed by atoms with van der Waals surface area (Å²) in [6, 6.07) is 16.0. The van der Waals surface area contributed by atoms with E-state index in [2.05, 4.69) is 33.2 Å². The van der Waals surface area contributed by atoms with Gasteiger partial charge >= 0.3 is 6.03 Å². The second kappa shape index (κ2) is 12.6. The van der Waals surface area contributed by atoms with Crippen LogP contribution >= 0.6 is 22.6 Å². The third-order valence-electron chi connectivity index (χ3n) is 5.74. The van der Waals surface area contributed by atoms with Crippen molar-refractivity contribution in [1.29, 1.82) is 0 Å². The molecule has 0 atom stereocenters. The van der Waals surface area contributed by atoms with Gasteiger partial charge in [0.05, 0.1) is 15.1 Å². The second-order valence-corrected chi connectivity index (χ2v) is 9.93. The molecule has 1 fully saturated rings.